The second-order valence-corrected chi connectivity index (χ2v) is 6.91. The molecular weight excluding hydrogens is 384 g/mol. The lowest BCUT2D eigenvalue weighted by molar-refractivity contribution is -0.384. The van der Waals surface area contributed by atoms with Gasteiger partial charge in [0.05, 0.1) is 16.3 Å². The van der Waals surface area contributed by atoms with E-state index in [0.29, 0.717) is 43.9 Å². The molecule has 0 aliphatic carbocycles. The van der Waals surface area contributed by atoms with Crippen molar-refractivity contribution in [3.05, 3.63) is 70.3 Å². The minimum absolute atomic E-state index is 0.0244. The molecule has 0 unspecified atom stereocenters. The number of piperazine rings is 1. The van der Waals surface area contributed by atoms with Crippen LogP contribution in [0.2, 0.25) is 0 Å². The number of non-ortho nitro benzene ring substituents is 1. The smallest absolute Gasteiger partial charge is 0.270 e. The van der Waals surface area contributed by atoms with E-state index in [4.69, 9.17) is 0 Å². The number of nitrogens with zero attached hydrogens (tertiary/aromatic N) is 3. The zero-order valence-electron chi connectivity index (χ0n) is 16.8. The minimum Gasteiger partial charge on any atom is -0.366 e. The Labute approximate surface area is 174 Å². The second-order valence-electron chi connectivity index (χ2n) is 6.91. The molecule has 1 N–H and O–H groups in total. The lowest BCUT2D eigenvalue weighted by Gasteiger charge is -2.36. The molecule has 1 heterocycles. The highest BCUT2D eigenvalue weighted by Crippen LogP contribution is 2.27. The van der Waals surface area contributed by atoms with Gasteiger partial charge in [-0.15, -0.1) is 0 Å². The van der Waals surface area contributed by atoms with Gasteiger partial charge in [0.15, 0.2) is 0 Å². The summed E-state index contributed by atoms with van der Waals surface area (Å²) in [5.41, 5.74) is 2.13. The number of nitrogens with one attached hydrogen (secondary N) is 1. The van der Waals surface area contributed by atoms with Crippen molar-refractivity contribution >= 4 is 35.0 Å². The number of nitro groups is 1. The lowest BCUT2D eigenvalue weighted by Crippen LogP contribution is -2.48. The van der Waals surface area contributed by atoms with Crippen LogP contribution in [-0.2, 0) is 9.59 Å². The lowest BCUT2D eigenvalue weighted by atomic mass is 10.2. The first-order valence-corrected chi connectivity index (χ1v) is 9.83. The Hall–Kier alpha value is -3.68. The van der Waals surface area contributed by atoms with Crippen LogP contribution in [0.3, 0.4) is 0 Å². The van der Waals surface area contributed by atoms with Gasteiger partial charge in [-0.05, 0) is 23.8 Å². The van der Waals surface area contributed by atoms with Crippen molar-refractivity contribution in [1.29, 1.82) is 0 Å². The van der Waals surface area contributed by atoms with E-state index in [1.807, 2.05) is 36.1 Å². The van der Waals surface area contributed by atoms with Gasteiger partial charge in [0.25, 0.3) is 5.69 Å². The molecule has 156 valence electrons. The van der Waals surface area contributed by atoms with E-state index in [1.165, 1.54) is 18.2 Å². The third-order valence-electron chi connectivity index (χ3n) is 4.95. The van der Waals surface area contributed by atoms with Gasteiger partial charge < -0.3 is 15.1 Å². The van der Waals surface area contributed by atoms with Crippen LogP contribution in [-0.4, -0.2) is 47.8 Å². The molecule has 1 fully saturated rings. The SMILES string of the molecule is CCC(=O)N1CCN(c2ccccc2NC(=O)/C=C/c2cccc([N+](=O)[O-])c2)CC1. The molecule has 30 heavy (non-hydrogen) atoms. The number of benzene rings is 2. The van der Waals surface area contributed by atoms with Gasteiger partial charge in [0.2, 0.25) is 11.8 Å². The summed E-state index contributed by atoms with van der Waals surface area (Å²) in [5, 5.41) is 13.7. The summed E-state index contributed by atoms with van der Waals surface area (Å²) in [6.45, 7) is 4.56. The van der Waals surface area contributed by atoms with Crippen molar-refractivity contribution in [1.82, 2.24) is 4.90 Å². The van der Waals surface area contributed by atoms with Crippen molar-refractivity contribution in [2.45, 2.75) is 13.3 Å². The molecule has 0 aromatic heterocycles. The zero-order valence-corrected chi connectivity index (χ0v) is 16.8. The Bertz CT molecular complexity index is 965. The molecule has 2 amide bonds. The number of carbonyl (C=O) groups is 2. The van der Waals surface area contributed by atoms with Gasteiger partial charge in [-0.3, -0.25) is 19.7 Å². The summed E-state index contributed by atoms with van der Waals surface area (Å²) < 4.78 is 0. The van der Waals surface area contributed by atoms with E-state index < -0.39 is 4.92 Å². The fourth-order valence-electron chi connectivity index (χ4n) is 3.36. The summed E-state index contributed by atoms with van der Waals surface area (Å²) in [7, 11) is 0. The van der Waals surface area contributed by atoms with Crippen LogP contribution >= 0.6 is 0 Å². The molecule has 8 nitrogen and oxygen atoms in total. The maximum atomic E-state index is 12.4. The molecule has 0 atom stereocenters. The number of hydrogen-bond donors (Lipinski definition) is 1. The van der Waals surface area contributed by atoms with Crippen LogP contribution in [0.25, 0.3) is 6.08 Å². The second kappa shape index (κ2) is 9.69. The molecule has 8 heteroatoms. The molecule has 1 aliphatic heterocycles. The minimum atomic E-state index is -0.471. The van der Waals surface area contributed by atoms with Gasteiger partial charge >= 0.3 is 0 Å². The number of nitro benzene ring substituents is 1. The first kappa shape index (κ1) is 21.0. The van der Waals surface area contributed by atoms with Gasteiger partial charge in [-0.1, -0.05) is 31.2 Å². The van der Waals surface area contributed by atoms with Gasteiger partial charge in [0, 0.05) is 50.8 Å². The van der Waals surface area contributed by atoms with E-state index in [2.05, 4.69) is 10.2 Å². The summed E-state index contributed by atoms with van der Waals surface area (Å²) in [5.74, 6) is -0.170. The monoisotopic (exact) mass is 408 g/mol. The molecule has 1 saturated heterocycles. The number of anilines is 2. The average molecular weight is 408 g/mol. The molecule has 2 aromatic rings. The van der Waals surface area contributed by atoms with Gasteiger partial charge in [-0.25, -0.2) is 0 Å². The van der Waals surface area contributed by atoms with E-state index in [0.717, 1.165) is 5.69 Å². The number of amides is 2. The first-order valence-electron chi connectivity index (χ1n) is 9.83. The standard InChI is InChI=1S/C22H24N4O4/c1-2-22(28)25-14-12-24(13-15-25)20-9-4-3-8-19(20)23-21(27)11-10-17-6-5-7-18(16-17)26(29)30/h3-11,16H,2,12-15H2,1H3,(H,23,27)/b11-10+. The van der Waals surface area contributed by atoms with Crippen molar-refractivity contribution < 1.29 is 14.5 Å². The van der Waals surface area contributed by atoms with Crippen LogP contribution < -0.4 is 10.2 Å². The van der Waals surface area contributed by atoms with Crippen LogP contribution in [0.4, 0.5) is 17.1 Å². The van der Waals surface area contributed by atoms with E-state index in [9.17, 15) is 19.7 Å². The summed E-state index contributed by atoms with van der Waals surface area (Å²) >= 11 is 0. The number of carbonyl (C=O) groups excluding carboxylic acids is 2. The van der Waals surface area contributed by atoms with Crippen molar-refractivity contribution in [3.63, 3.8) is 0 Å². The van der Waals surface area contributed by atoms with Crippen LogP contribution in [0.15, 0.2) is 54.6 Å². The summed E-state index contributed by atoms with van der Waals surface area (Å²) in [6.07, 6.45) is 3.40. The maximum Gasteiger partial charge on any atom is 0.270 e. The molecule has 0 radical (unpaired) electrons. The topological polar surface area (TPSA) is 95.8 Å². The van der Waals surface area contributed by atoms with Crippen molar-refractivity contribution in [3.8, 4) is 0 Å². The van der Waals surface area contributed by atoms with E-state index >= 15 is 0 Å². The van der Waals surface area contributed by atoms with Crippen LogP contribution in [0, 0.1) is 10.1 Å². The molecule has 1 aliphatic rings. The summed E-state index contributed by atoms with van der Waals surface area (Å²) in [4.78, 5) is 38.7. The Morgan fingerprint density at radius 2 is 1.83 bits per heavy atom. The predicted molar refractivity (Wildman–Crippen MR) is 116 cm³/mol. The Balaban J connectivity index is 1.66. The normalized spacial score (nSPS) is 14.0. The molecule has 2 aromatic carbocycles. The Morgan fingerprint density at radius 3 is 2.53 bits per heavy atom. The highest BCUT2D eigenvalue weighted by molar-refractivity contribution is 6.03. The molecule has 0 saturated carbocycles. The van der Waals surface area contributed by atoms with Crippen molar-refractivity contribution in [2.75, 3.05) is 36.4 Å². The largest absolute Gasteiger partial charge is 0.366 e. The van der Waals surface area contributed by atoms with Crippen LogP contribution in [0.1, 0.15) is 18.9 Å². The van der Waals surface area contributed by atoms with Crippen molar-refractivity contribution in [2.24, 2.45) is 0 Å². The molecule has 3 rings (SSSR count). The average Bonchev–Trinajstić information content (AvgIpc) is 2.78. The molecular formula is C22H24N4O4. The summed E-state index contributed by atoms with van der Waals surface area (Å²) in [6, 6.07) is 13.6. The zero-order chi connectivity index (χ0) is 21.5. The van der Waals surface area contributed by atoms with E-state index in [1.54, 1.807) is 18.2 Å². The highest BCUT2D eigenvalue weighted by atomic mass is 16.6. The van der Waals surface area contributed by atoms with Gasteiger partial charge in [-0.2, -0.15) is 0 Å². The molecule has 0 bridgehead atoms. The Morgan fingerprint density at radius 1 is 1.10 bits per heavy atom. The predicted octanol–water partition coefficient (Wildman–Crippen LogP) is 3.31. The number of para-hydroxylation sites is 2. The highest BCUT2D eigenvalue weighted by Gasteiger charge is 2.21. The Kier molecular flexibility index (Phi) is 6.79. The maximum absolute atomic E-state index is 12.4. The third kappa shape index (κ3) is 5.22. The number of hydrogen-bond acceptors (Lipinski definition) is 5. The van der Waals surface area contributed by atoms with E-state index in [-0.39, 0.29) is 17.5 Å². The number of rotatable bonds is 6. The first-order chi connectivity index (χ1) is 14.5. The quantitative estimate of drug-likeness (QED) is 0.449. The third-order valence-corrected chi connectivity index (χ3v) is 4.95. The van der Waals surface area contributed by atoms with Crippen LogP contribution in [0.5, 0.6) is 0 Å². The fourth-order valence-corrected chi connectivity index (χ4v) is 3.36. The van der Waals surface area contributed by atoms with Gasteiger partial charge in [0.1, 0.15) is 0 Å². The fraction of sp³-hybridized carbons (Fsp3) is 0.273. The molecule has 0 spiro atoms.